The Hall–Kier alpha value is -1.34. The van der Waals surface area contributed by atoms with Crippen LogP contribution in [0, 0.1) is 11.8 Å². The normalized spacial score (nSPS) is 27.5. The topological polar surface area (TPSA) is 178 Å². The van der Waals surface area contributed by atoms with Crippen molar-refractivity contribution in [3.05, 3.63) is 0 Å². The predicted octanol–water partition coefficient (Wildman–Crippen LogP) is -0.584. The molecule has 0 aliphatic carbocycles. The smallest absolute Gasteiger partial charge is 0.222 e. The van der Waals surface area contributed by atoms with Crippen LogP contribution in [0.2, 0.25) is 0 Å². The van der Waals surface area contributed by atoms with Crippen molar-refractivity contribution in [2.24, 2.45) is 11.8 Å². The summed E-state index contributed by atoms with van der Waals surface area (Å²) >= 11 is 0. The quantitative estimate of drug-likeness (QED) is 0.144. The molecular formula is C24H46N2O9. The first-order valence-electron chi connectivity index (χ1n) is 12.6. The zero-order chi connectivity index (χ0) is 26.7. The summed E-state index contributed by atoms with van der Waals surface area (Å²) in [6.07, 6.45) is -5.71. The van der Waals surface area contributed by atoms with Crippen molar-refractivity contribution in [3.8, 4) is 0 Å². The summed E-state index contributed by atoms with van der Waals surface area (Å²) in [6, 6.07) is -0.361. The maximum absolute atomic E-state index is 12.7. The molecule has 35 heavy (non-hydrogen) atoms. The number of amides is 2. The van der Waals surface area contributed by atoms with Gasteiger partial charge < -0.3 is 45.6 Å². The van der Waals surface area contributed by atoms with E-state index in [-0.39, 0.29) is 55.4 Å². The van der Waals surface area contributed by atoms with Gasteiger partial charge in [-0.25, -0.2) is 0 Å². The van der Waals surface area contributed by atoms with Gasteiger partial charge in [0.25, 0.3) is 0 Å². The van der Waals surface area contributed by atoms with E-state index in [1.165, 1.54) is 7.05 Å². The Balaban J connectivity index is 2.71. The van der Waals surface area contributed by atoms with Crippen LogP contribution in [0.5, 0.6) is 0 Å². The van der Waals surface area contributed by atoms with Crippen LogP contribution in [0.15, 0.2) is 0 Å². The zero-order valence-corrected chi connectivity index (χ0v) is 21.6. The van der Waals surface area contributed by atoms with Crippen LogP contribution in [-0.4, -0.2) is 100.0 Å². The van der Waals surface area contributed by atoms with E-state index in [1.54, 1.807) is 0 Å². The summed E-state index contributed by atoms with van der Waals surface area (Å²) < 4.78 is 11.3. The monoisotopic (exact) mass is 506 g/mol. The van der Waals surface area contributed by atoms with E-state index in [9.17, 15) is 35.1 Å². The van der Waals surface area contributed by atoms with E-state index in [0.717, 1.165) is 6.42 Å². The Morgan fingerprint density at radius 3 is 2.03 bits per heavy atom. The summed E-state index contributed by atoms with van der Waals surface area (Å²) in [5.41, 5.74) is 0. The Morgan fingerprint density at radius 2 is 1.51 bits per heavy atom. The molecule has 1 rings (SSSR count). The molecule has 0 aromatic heterocycles. The first-order chi connectivity index (χ1) is 16.5. The van der Waals surface area contributed by atoms with E-state index < -0.39 is 49.5 Å². The highest BCUT2D eigenvalue weighted by molar-refractivity contribution is 5.77. The molecule has 206 valence electrons. The number of hydrogen-bond acceptors (Lipinski definition) is 9. The number of aliphatic hydroxyl groups is 5. The van der Waals surface area contributed by atoms with Crippen molar-refractivity contribution in [2.45, 2.75) is 115 Å². The van der Waals surface area contributed by atoms with Gasteiger partial charge in [-0.2, -0.15) is 0 Å². The number of rotatable bonds is 16. The minimum atomic E-state index is -1.34. The molecule has 2 amide bonds. The summed E-state index contributed by atoms with van der Waals surface area (Å²) in [5, 5.41) is 55.6. The number of carbonyl (C=O) groups excluding carboxylic acids is 2. The number of hydrogen-bond donors (Lipinski definition) is 7. The van der Waals surface area contributed by atoms with E-state index in [1.807, 2.05) is 27.7 Å². The van der Waals surface area contributed by atoms with Gasteiger partial charge in [-0.3, -0.25) is 9.59 Å². The van der Waals surface area contributed by atoms with E-state index >= 15 is 0 Å². The molecule has 7 N–H and O–H groups in total. The van der Waals surface area contributed by atoms with Crippen LogP contribution in [0.3, 0.4) is 0 Å². The molecule has 1 heterocycles. The minimum Gasteiger partial charge on any atom is -0.394 e. The van der Waals surface area contributed by atoms with Gasteiger partial charge in [-0.1, -0.05) is 40.5 Å². The van der Waals surface area contributed by atoms with Gasteiger partial charge in [-0.15, -0.1) is 0 Å². The second-order valence-electron chi connectivity index (χ2n) is 9.69. The van der Waals surface area contributed by atoms with Gasteiger partial charge in [0.2, 0.25) is 11.8 Å². The Kier molecular flexibility index (Phi) is 14.2. The number of nitrogens with one attached hydrogen (secondary N) is 2. The molecule has 7 unspecified atom stereocenters. The standard InChI is InChI=1S/C24H46N2O9/c1-6-13(3)17(8-15(28)10-20(30)25-5)26-21(31)11-16(29)9-18(14(4)7-2)34-24-23(33)22(32)19(12-27)35-24/h13-19,22-24,27-29,32-33H,6-12H2,1-5H3,(H,25,30)(H,26,31)/t13?,14?,15?,16?,17-,18-,19?,22?,23?,24+/m0/s1. The molecule has 0 radical (unpaired) electrons. The van der Waals surface area contributed by atoms with Crippen molar-refractivity contribution >= 4 is 11.8 Å². The summed E-state index contributed by atoms with van der Waals surface area (Å²) in [4.78, 5) is 24.2. The molecule has 1 aliphatic heterocycles. The molecule has 1 aliphatic rings. The molecule has 10 atom stereocenters. The molecular weight excluding hydrogens is 460 g/mol. The van der Waals surface area contributed by atoms with Crippen molar-refractivity contribution in [1.82, 2.24) is 10.6 Å². The largest absolute Gasteiger partial charge is 0.394 e. The second-order valence-corrected chi connectivity index (χ2v) is 9.69. The van der Waals surface area contributed by atoms with Crippen LogP contribution in [0.25, 0.3) is 0 Å². The fourth-order valence-corrected chi connectivity index (χ4v) is 4.08. The highest BCUT2D eigenvalue weighted by atomic mass is 16.7. The maximum atomic E-state index is 12.7. The molecule has 0 aromatic carbocycles. The van der Waals surface area contributed by atoms with Gasteiger partial charge in [0.05, 0.1) is 37.8 Å². The zero-order valence-electron chi connectivity index (χ0n) is 21.6. The first-order valence-corrected chi connectivity index (χ1v) is 12.6. The maximum Gasteiger partial charge on any atom is 0.222 e. The SMILES string of the molecule is CCC(C)[C@H](CC(O)CC(=O)NC)NC(=O)CC(O)C[C@H](O[C@@H]1OC(CO)C(O)C1O)C(C)CC. The lowest BCUT2D eigenvalue weighted by molar-refractivity contribution is -0.207. The van der Waals surface area contributed by atoms with Crippen molar-refractivity contribution in [2.75, 3.05) is 13.7 Å². The molecule has 0 bridgehead atoms. The van der Waals surface area contributed by atoms with E-state index in [0.29, 0.717) is 6.42 Å². The Bertz CT molecular complexity index is 638. The molecule has 1 fully saturated rings. The molecule has 1 saturated heterocycles. The van der Waals surface area contributed by atoms with Crippen molar-refractivity contribution in [3.63, 3.8) is 0 Å². The second kappa shape index (κ2) is 15.7. The van der Waals surface area contributed by atoms with Crippen LogP contribution >= 0.6 is 0 Å². The highest BCUT2D eigenvalue weighted by Crippen LogP contribution is 2.27. The van der Waals surface area contributed by atoms with Gasteiger partial charge in [-0.05, 0) is 18.3 Å². The Morgan fingerprint density at radius 1 is 0.943 bits per heavy atom. The van der Waals surface area contributed by atoms with E-state index in [2.05, 4.69) is 10.6 Å². The third-order valence-electron chi connectivity index (χ3n) is 6.91. The third-order valence-corrected chi connectivity index (χ3v) is 6.91. The average Bonchev–Trinajstić information content (AvgIpc) is 3.09. The molecule has 0 spiro atoms. The van der Waals surface area contributed by atoms with Gasteiger partial charge >= 0.3 is 0 Å². The number of ether oxygens (including phenoxy) is 2. The minimum absolute atomic E-state index is 0.0402. The number of carbonyl (C=O) groups is 2. The van der Waals surface area contributed by atoms with Crippen molar-refractivity contribution < 1.29 is 44.6 Å². The van der Waals surface area contributed by atoms with Gasteiger partial charge in [0.1, 0.15) is 18.3 Å². The summed E-state index contributed by atoms with van der Waals surface area (Å²) in [7, 11) is 1.49. The van der Waals surface area contributed by atoms with Crippen LogP contribution in [0.4, 0.5) is 0 Å². The lowest BCUT2D eigenvalue weighted by Gasteiger charge is -2.30. The molecule has 0 aromatic rings. The third kappa shape index (κ3) is 10.3. The Labute approximate surface area is 208 Å². The lowest BCUT2D eigenvalue weighted by Crippen LogP contribution is -2.44. The average molecular weight is 507 g/mol. The summed E-state index contributed by atoms with van der Waals surface area (Å²) in [5.74, 6) is -0.654. The number of aliphatic hydroxyl groups excluding tert-OH is 5. The van der Waals surface area contributed by atoms with Crippen LogP contribution in [-0.2, 0) is 19.1 Å². The lowest BCUT2D eigenvalue weighted by atomic mass is 9.92. The van der Waals surface area contributed by atoms with Crippen molar-refractivity contribution in [1.29, 1.82) is 0 Å². The van der Waals surface area contributed by atoms with Crippen LogP contribution < -0.4 is 10.6 Å². The molecule has 0 saturated carbocycles. The molecule has 11 nitrogen and oxygen atoms in total. The predicted molar refractivity (Wildman–Crippen MR) is 128 cm³/mol. The first kappa shape index (κ1) is 31.7. The fourth-order valence-electron chi connectivity index (χ4n) is 4.08. The fraction of sp³-hybridized carbons (Fsp3) is 0.917. The molecule has 11 heteroatoms. The van der Waals surface area contributed by atoms with Gasteiger partial charge in [0, 0.05) is 19.5 Å². The highest BCUT2D eigenvalue weighted by Gasteiger charge is 2.44. The van der Waals surface area contributed by atoms with E-state index in [4.69, 9.17) is 9.47 Å². The summed E-state index contributed by atoms with van der Waals surface area (Å²) in [6.45, 7) is 7.30. The van der Waals surface area contributed by atoms with Gasteiger partial charge in [0.15, 0.2) is 6.29 Å². The van der Waals surface area contributed by atoms with Crippen LogP contribution in [0.1, 0.15) is 66.2 Å².